The molecular weight excluding hydrogens is 403 g/mol. The predicted molar refractivity (Wildman–Crippen MR) is 105 cm³/mol. The van der Waals surface area contributed by atoms with Crippen molar-refractivity contribution in [3.05, 3.63) is 36.2 Å². The van der Waals surface area contributed by atoms with Gasteiger partial charge >= 0.3 is 12.2 Å². The average Bonchev–Trinajstić information content (AvgIpc) is 3.15. The van der Waals surface area contributed by atoms with Crippen LogP contribution >= 0.6 is 0 Å². The van der Waals surface area contributed by atoms with E-state index in [1.54, 1.807) is 17.8 Å². The Balaban J connectivity index is 1.58. The molecule has 0 atom stereocenters. The van der Waals surface area contributed by atoms with Gasteiger partial charge in [-0.1, -0.05) is 0 Å². The number of nitrogens with one attached hydrogen (secondary N) is 2. The first kappa shape index (κ1) is 21.9. The van der Waals surface area contributed by atoms with Crippen LogP contribution in [0.1, 0.15) is 12.5 Å². The molecule has 1 aromatic heterocycles. The summed E-state index contributed by atoms with van der Waals surface area (Å²) in [5, 5.41) is 8.91. The highest BCUT2D eigenvalue weighted by Crippen LogP contribution is 2.37. The standard InChI is InChI=1S/C19H24F3N5O3/c1-2-30-15-3-4-17(16(11-15)19(20,21)22)25-18(28)24-14-12-23-27(13-14)6-5-26-7-9-29-10-8-26/h3-4,11-13H,2,5-10H2,1H3,(H2,24,25,28). The summed E-state index contributed by atoms with van der Waals surface area (Å²) in [5.74, 6) is 0.0809. The van der Waals surface area contributed by atoms with E-state index >= 15 is 0 Å². The fourth-order valence-electron chi connectivity index (χ4n) is 3.03. The SMILES string of the molecule is CCOc1ccc(NC(=O)Nc2cnn(CCN3CCOCC3)c2)c(C(F)(F)F)c1. The molecule has 0 aliphatic carbocycles. The summed E-state index contributed by atoms with van der Waals surface area (Å²) in [5.41, 5.74) is -0.957. The minimum atomic E-state index is -4.64. The summed E-state index contributed by atoms with van der Waals surface area (Å²) >= 11 is 0. The molecule has 164 valence electrons. The second-order valence-electron chi connectivity index (χ2n) is 6.66. The molecule has 11 heteroatoms. The first-order chi connectivity index (χ1) is 14.3. The Morgan fingerprint density at radius 2 is 2.00 bits per heavy atom. The Hall–Kier alpha value is -2.79. The molecule has 0 unspecified atom stereocenters. The van der Waals surface area contributed by atoms with E-state index < -0.39 is 17.8 Å². The van der Waals surface area contributed by atoms with Crippen molar-refractivity contribution < 1.29 is 27.4 Å². The fraction of sp³-hybridized carbons (Fsp3) is 0.474. The van der Waals surface area contributed by atoms with E-state index in [-0.39, 0.29) is 18.0 Å². The fourth-order valence-corrected chi connectivity index (χ4v) is 3.03. The molecule has 1 fully saturated rings. The maximum absolute atomic E-state index is 13.3. The topological polar surface area (TPSA) is 80.7 Å². The molecule has 2 aromatic rings. The van der Waals surface area contributed by atoms with Gasteiger partial charge in [0.25, 0.3) is 0 Å². The molecule has 30 heavy (non-hydrogen) atoms. The first-order valence-corrected chi connectivity index (χ1v) is 9.60. The third kappa shape index (κ3) is 6.10. The molecule has 1 saturated heterocycles. The molecule has 3 rings (SSSR count). The number of urea groups is 1. The third-order valence-electron chi connectivity index (χ3n) is 4.50. The number of ether oxygens (including phenoxy) is 2. The summed E-state index contributed by atoms with van der Waals surface area (Å²) in [7, 11) is 0. The normalized spacial score (nSPS) is 15.1. The zero-order chi connectivity index (χ0) is 21.6. The number of hydrogen-bond donors (Lipinski definition) is 2. The monoisotopic (exact) mass is 427 g/mol. The number of anilines is 2. The van der Waals surface area contributed by atoms with Crippen molar-refractivity contribution >= 4 is 17.4 Å². The molecule has 2 heterocycles. The number of morpholine rings is 1. The smallest absolute Gasteiger partial charge is 0.418 e. The number of amides is 2. The van der Waals surface area contributed by atoms with Crippen LogP contribution in [0.2, 0.25) is 0 Å². The average molecular weight is 427 g/mol. The van der Waals surface area contributed by atoms with Gasteiger partial charge in [-0.3, -0.25) is 9.58 Å². The van der Waals surface area contributed by atoms with E-state index in [0.717, 1.165) is 25.7 Å². The molecule has 8 nitrogen and oxygen atoms in total. The Bertz CT molecular complexity index is 850. The van der Waals surface area contributed by atoms with Crippen LogP contribution in [0.15, 0.2) is 30.6 Å². The summed E-state index contributed by atoms with van der Waals surface area (Å²) in [6, 6.07) is 2.61. The molecule has 0 spiro atoms. The summed E-state index contributed by atoms with van der Waals surface area (Å²) < 4.78 is 52.1. The Kier molecular flexibility index (Phi) is 7.16. The lowest BCUT2D eigenvalue weighted by atomic mass is 10.1. The highest BCUT2D eigenvalue weighted by atomic mass is 19.4. The second kappa shape index (κ2) is 9.81. The summed E-state index contributed by atoms with van der Waals surface area (Å²) in [6.07, 6.45) is -1.56. The number of nitrogens with zero attached hydrogens (tertiary/aromatic N) is 3. The molecule has 0 radical (unpaired) electrons. The minimum Gasteiger partial charge on any atom is -0.494 e. The summed E-state index contributed by atoms with van der Waals surface area (Å²) in [4.78, 5) is 14.5. The maximum atomic E-state index is 13.3. The molecule has 1 aromatic carbocycles. The van der Waals surface area contributed by atoms with Crippen LogP contribution < -0.4 is 15.4 Å². The number of benzene rings is 1. The van der Waals surface area contributed by atoms with Crippen LogP contribution in [0.5, 0.6) is 5.75 Å². The van der Waals surface area contributed by atoms with Crippen molar-refractivity contribution in [1.82, 2.24) is 14.7 Å². The highest BCUT2D eigenvalue weighted by molar-refractivity contribution is 6.00. The van der Waals surface area contributed by atoms with Gasteiger partial charge < -0.3 is 20.1 Å². The lowest BCUT2D eigenvalue weighted by Crippen LogP contribution is -2.38. The van der Waals surface area contributed by atoms with Crippen LogP contribution in [-0.2, 0) is 17.5 Å². The maximum Gasteiger partial charge on any atom is 0.418 e. The molecule has 1 aliphatic heterocycles. The third-order valence-corrected chi connectivity index (χ3v) is 4.50. The van der Waals surface area contributed by atoms with E-state index in [0.29, 0.717) is 25.4 Å². The van der Waals surface area contributed by atoms with Crippen LogP contribution in [0.3, 0.4) is 0 Å². The van der Waals surface area contributed by atoms with Gasteiger partial charge in [0, 0.05) is 25.8 Å². The molecule has 2 N–H and O–H groups in total. The number of aromatic nitrogens is 2. The number of hydrogen-bond acceptors (Lipinski definition) is 5. The van der Waals surface area contributed by atoms with Crippen LogP contribution in [-0.4, -0.2) is 60.2 Å². The largest absolute Gasteiger partial charge is 0.494 e. The summed E-state index contributed by atoms with van der Waals surface area (Å²) in [6.45, 7) is 6.46. The van der Waals surface area contributed by atoms with Crippen molar-refractivity contribution in [2.75, 3.05) is 50.1 Å². The van der Waals surface area contributed by atoms with Crippen molar-refractivity contribution in [2.45, 2.75) is 19.6 Å². The Morgan fingerprint density at radius 3 is 2.70 bits per heavy atom. The van der Waals surface area contributed by atoms with Gasteiger partial charge in [-0.15, -0.1) is 0 Å². The van der Waals surface area contributed by atoms with Crippen molar-refractivity contribution in [2.24, 2.45) is 0 Å². The lowest BCUT2D eigenvalue weighted by Gasteiger charge is -2.26. The number of halogens is 3. The zero-order valence-corrected chi connectivity index (χ0v) is 16.5. The molecule has 1 aliphatic rings. The molecule has 0 saturated carbocycles. The number of rotatable bonds is 7. The van der Waals surface area contributed by atoms with Crippen LogP contribution in [0.25, 0.3) is 0 Å². The van der Waals surface area contributed by atoms with Gasteiger partial charge in [-0.25, -0.2) is 4.79 Å². The van der Waals surface area contributed by atoms with Crippen molar-refractivity contribution in [1.29, 1.82) is 0 Å². The predicted octanol–water partition coefficient (Wildman–Crippen LogP) is 3.28. The van der Waals surface area contributed by atoms with Gasteiger partial charge in [-0.05, 0) is 25.1 Å². The first-order valence-electron chi connectivity index (χ1n) is 9.60. The van der Waals surface area contributed by atoms with E-state index in [2.05, 4.69) is 20.6 Å². The second-order valence-corrected chi connectivity index (χ2v) is 6.66. The van der Waals surface area contributed by atoms with Gasteiger partial charge in [0.15, 0.2) is 0 Å². The van der Waals surface area contributed by atoms with Gasteiger partial charge in [0.1, 0.15) is 5.75 Å². The van der Waals surface area contributed by atoms with E-state index in [4.69, 9.17) is 9.47 Å². The quantitative estimate of drug-likeness (QED) is 0.709. The molecular formula is C19H24F3N5O3. The highest BCUT2D eigenvalue weighted by Gasteiger charge is 2.34. The Labute approximate surface area is 171 Å². The minimum absolute atomic E-state index is 0.0809. The number of carbonyl (C=O) groups is 1. The van der Waals surface area contributed by atoms with E-state index in [1.807, 2.05) is 0 Å². The van der Waals surface area contributed by atoms with Gasteiger partial charge in [-0.2, -0.15) is 18.3 Å². The zero-order valence-electron chi connectivity index (χ0n) is 16.5. The van der Waals surface area contributed by atoms with Gasteiger partial charge in [0.2, 0.25) is 0 Å². The van der Waals surface area contributed by atoms with Crippen LogP contribution in [0.4, 0.5) is 29.3 Å². The van der Waals surface area contributed by atoms with Crippen LogP contribution in [0, 0.1) is 0 Å². The Morgan fingerprint density at radius 1 is 1.23 bits per heavy atom. The number of alkyl halides is 3. The molecule has 2 amide bonds. The van der Waals surface area contributed by atoms with Gasteiger partial charge in [0.05, 0.1) is 49.5 Å². The molecule has 0 bridgehead atoms. The van der Waals surface area contributed by atoms with Crippen molar-refractivity contribution in [3.63, 3.8) is 0 Å². The number of carbonyl (C=O) groups excluding carboxylic acids is 1. The van der Waals surface area contributed by atoms with E-state index in [9.17, 15) is 18.0 Å². The lowest BCUT2D eigenvalue weighted by molar-refractivity contribution is -0.137. The van der Waals surface area contributed by atoms with E-state index in [1.165, 1.54) is 18.3 Å². The van der Waals surface area contributed by atoms with Crippen molar-refractivity contribution in [3.8, 4) is 5.75 Å².